The average Bonchev–Trinajstić information content (AvgIpc) is 3.09. The van der Waals surface area contributed by atoms with Gasteiger partial charge in [0, 0.05) is 6.54 Å². The molecule has 0 aliphatic heterocycles. The van der Waals surface area contributed by atoms with Crippen LogP contribution in [0.2, 0.25) is 0 Å². The largest absolute Gasteiger partial charge is 0.480 e. The molecule has 0 bridgehead atoms. The minimum atomic E-state index is -4.06. The first-order valence-corrected chi connectivity index (χ1v) is 12.8. The number of sulfonamides is 1. The van der Waals surface area contributed by atoms with E-state index in [1.165, 1.54) is 17.4 Å². The van der Waals surface area contributed by atoms with E-state index in [0.29, 0.717) is 0 Å². The number of carbonyl (C=O) groups is 1. The highest BCUT2D eigenvalue weighted by Crippen LogP contribution is 2.32. The van der Waals surface area contributed by atoms with E-state index < -0.39 is 28.0 Å². The molecule has 0 fully saturated rings. The molecule has 0 aliphatic carbocycles. The molecule has 0 amide bonds. The summed E-state index contributed by atoms with van der Waals surface area (Å²) in [4.78, 5) is 16.6. The van der Waals surface area contributed by atoms with E-state index in [0.717, 1.165) is 30.2 Å². The number of aliphatic carboxylic acids is 1. The Kier molecular flexibility index (Phi) is 7.18. The number of carboxylic acids is 1. The molecule has 2 aromatic carbocycles. The maximum absolute atomic E-state index is 13.6. The van der Waals surface area contributed by atoms with E-state index in [-0.39, 0.29) is 11.4 Å². The number of nitrogens with zero attached hydrogens (tertiary/aromatic N) is 2. The zero-order chi connectivity index (χ0) is 21.9. The molecule has 0 aliphatic rings. The minimum Gasteiger partial charge on any atom is -0.480 e. The van der Waals surface area contributed by atoms with Gasteiger partial charge < -0.3 is 5.11 Å². The molecule has 1 heterocycles. The van der Waals surface area contributed by atoms with Crippen LogP contribution in [0, 0.1) is 5.92 Å². The van der Waals surface area contributed by atoms with Gasteiger partial charge in [0.25, 0.3) is 0 Å². The quantitative estimate of drug-likeness (QED) is 0.462. The van der Waals surface area contributed by atoms with E-state index >= 15 is 0 Å². The van der Waals surface area contributed by atoms with Crippen molar-refractivity contribution in [1.29, 1.82) is 0 Å². The number of rotatable bonds is 9. The molecule has 160 valence electrons. The summed E-state index contributed by atoms with van der Waals surface area (Å²) in [6, 6.07) is 12.6. The lowest BCUT2D eigenvalue weighted by Crippen LogP contribution is -2.47. The maximum atomic E-state index is 13.6. The second-order valence-electron chi connectivity index (χ2n) is 7.11. The van der Waals surface area contributed by atoms with Crippen LogP contribution in [0.1, 0.15) is 26.3 Å². The Hall–Kier alpha value is -1.94. The first-order valence-electron chi connectivity index (χ1n) is 9.56. The smallest absolute Gasteiger partial charge is 0.322 e. The Labute approximate surface area is 185 Å². The average molecular weight is 465 g/mol. The highest BCUT2D eigenvalue weighted by Gasteiger charge is 2.38. The summed E-state index contributed by atoms with van der Waals surface area (Å²) in [6.07, 6.45) is 0. The fourth-order valence-electron chi connectivity index (χ4n) is 3.20. The van der Waals surface area contributed by atoms with Crippen LogP contribution in [0.4, 0.5) is 0 Å². The van der Waals surface area contributed by atoms with Crippen LogP contribution in [-0.2, 0) is 21.4 Å². The third-order valence-electron chi connectivity index (χ3n) is 4.59. The van der Waals surface area contributed by atoms with Crippen LogP contribution in [0.5, 0.6) is 0 Å². The minimum absolute atomic E-state index is 0.0179. The van der Waals surface area contributed by atoms with E-state index in [1.54, 1.807) is 49.9 Å². The highest BCUT2D eigenvalue weighted by molar-refractivity contribution is 8.01. The molecule has 1 atom stereocenters. The standard InChI is InChI=1S/C21H24N2O4S3/c1-4-28-21-22-17-11-10-16(12-18(17)29-21)30(26,27)23(19(14(2)3)20(24)25)13-15-8-6-5-7-9-15/h5-12,14,19H,4,13H2,1-3H3,(H,24,25)/t19-/m1/s1. The lowest BCUT2D eigenvalue weighted by molar-refractivity contribution is -0.143. The van der Waals surface area contributed by atoms with Gasteiger partial charge in [-0.15, -0.1) is 11.3 Å². The van der Waals surface area contributed by atoms with Crippen LogP contribution in [-0.4, -0.2) is 40.6 Å². The van der Waals surface area contributed by atoms with Crippen molar-refractivity contribution >= 4 is 49.3 Å². The second-order valence-corrected chi connectivity index (χ2v) is 11.5. The topological polar surface area (TPSA) is 87.6 Å². The number of aromatic nitrogens is 1. The van der Waals surface area contributed by atoms with Gasteiger partial charge in [0.15, 0.2) is 4.34 Å². The fourth-order valence-corrected chi connectivity index (χ4v) is 7.01. The molecule has 6 nitrogen and oxygen atoms in total. The van der Waals surface area contributed by atoms with Gasteiger partial charge in [-0.1, -0.05) is 62.9 Å². The molecule has 0 saturated heterocycles. The van der Waals surface area contributed by atoms with Gasteiger partial charge in [-0.05, 0) is 35.4 Å². The SMILES string of the molecule is CCSc1nc2ccc(S(=O)(=O)N(Cc3ccccc3)[C@@H](C(=O)O)C(C)C)cc2s1. The number of hydrogen-bond donors (Lipinski definition) is 1. The number of carboxylic acid groups (broad SMARTS) is 1. The summed E-state index contributed by atoms with van der Waals surface area (Å²) in [6.45, 7) is 5.45. The molecule has 30 heavy (non-hydrogen) atoms. The van der Waals surface area contributed by atoms with Crippen LogP contribution in [0.3, 0.4) is 0 Å². The van der Waals surface area contributed by atoms with Gasteiger partial charge in [-0.2, -0.15) is 4.31 Å². The Morgan fingerprint density at radius 2 is 1.90 bits per heavy atom. The summed E-state index contributed by atoms with van der Waals surface area (Å²) in [5, 5.41) is 9.82. The van der Waals surface area contributed by atoms with Gasteiger partial charge in [0.1, 0.15) is 6.04 Å². The normalized spacial score (nSPS) is 13.2. The van der Waals surface area contributed by atoms with Gasteiger partial charge in [0.2, 0.25) is 10.0 Å². The van der Waals surface area contributed by atoms with Gasteiger partial charge in [-0.25, -0.2) is 13.4 Å². The van der Waals surface area contributed by atoms with Crippen molar-refractivity contribution < 1.29 is 18.3 Å². The van der Waals surface area contributed by atoms with Crippen molar-refractivity contribution in [2.45, 2.75) is 42.6 Å². The van der Waals surface area contributed by atoms with E-state index in [9.17, 15) is 18.3 Å². The number of thioether (sulfide) groups is 1. The van der Waals surface area contributed by atoms with Crippen molar-refractivity contribution in [3.05, 3.63) is 54.1 Å². The molecule has 0 radical (unpaired) electrons. The number of thiazole rings is 1. The van der Waals surface area contributed by atoms with Crippen LogP contribution >= 0.6 is 23.1 Å². The summed E-state index contributed by atoms with van der Waals surface area (Å²) < 4.78 is 30.0. The van der Waals surface area contributed by atoms with Crippen LogP contribution in [0.15, 0.2) is 57.8 Å². The summed E-state index contributed by atoms with van der Waals surface area (Å²) >= 11 is 3.05. The third kappa shape index (κ3) is 4.85. The van der Waals surface area contributed by atoms with Gasteiger partial charge in [0.05, 0.1) is 15.1 Å². The van der Waals surface area contributed by atoms with E-state index in [4.69, 9.17) is 0 Å². The molecule has 1 aromatic heterocycles. The zero-order valence-electron chi connectivity index (χ0n) is 17.0. The first-order chi connectivity index (χ1) is 14.2. The summed E-state index contributed by atoms with van der Waals surface area (Å²) in [5.41, 5.74) is 1.47. The monoisotopic (exact) mass is 464 g/mol. The number of benzene rings is 2. The highest BCUT2D eigenvalue weighted by atomic mass is 32.2. The predicted molar refractivity (Wildman–Crippen MR) is 121 cm³/mol. The Morgan fingerprint density at radius 3 is 2.50 bits per heavy atom. The molecule has 0 saturated carbocycles. The number of hydrogen-bond acceptors (Lipinski definition) is 6. The molecule has 1 N–H and O–H groups in total. The summed E-state index contributed by atoms with van der Waals surface area (Å²) in [7, 11) is -4.06. The van der Waals surface area contributed by atoms with E-state index in [2.05, 4.69) is 4.98 Å². The fraction of sp³-hybridized carbons (Fsp3) is 0.333. The predicted octanol–water partition coefficient (Wildman–Crippen LogP) is 4.71. The molecule has 3 aromatic rings. The summed E-state index contributed by atoms with van der Waals surface area (Å²) in [5.74, 6) is -0.685. The molecular formula is C21H24N2O4S3. The second kappa shape index (κ2) is 9.47. The zero-order valence-corrected chi connectivity index (χ0v) is 19.4. The van der Waals surface area contributed by atoms with Crippen molar-refractivity contribution in [3.63, 3.8) is 0 Å². The van der Waals surface area contributed by atoms with E-state index in [1.807, 2.05) is 25.1 Å². The first kappa shape index (κ1) is 22.7. The van der Waals surface area contributed by atoms with Crippen molar-refractivity contribution in [1.82, 2.24) is 9.29 Å². The van der Waals surface area contributed by atoms with Crippen molar-refractivity contribution in [3.8, 4) is 0 Å². The van der Waals surface area contributed by atoms with Gasteiger partial charge in [-0.3, -0.25) is 4.79 Å². The lowest BCUT2D eigenvalue weighted by Gasteiger charge is -2.30. The molecule has 9 heteroatoms. The molecule has 3 rings (SSSR count). The van der Waals surface area contributed by atoms with Gasteiger partial charge >= 0.3 is 5.97 Å². The molecule has 0 spiro atoms. The number of fused-ring (bicyclic) bond motifs is 1. The third-order valence-corrected chi connectivity index (χ3v) is 8.46. The van der Waals surface area contributed by atoms with Crippen molar-refractivity contribution in [2.24, 2.45) is 5.92 Å². The Balaban J connectivity index is 2.08. The van der Waals surface area contributed by atoms with Crippen molar-refractivity contribution in [2.75, 3.05) is 5.75 Å². The molecular weight excluding hydrogens is 440 g/mol. The Bertz CT molecular complexity index is 1130. The van der Waals surface area contributed by atoms with Crippen LogP contribution in [0.25, 0.3) is 10.2 Å². The van der Waals surface area contributed by atoms with Crippen LogP contribution < -0.4 is 0 Å². The lowest BCUT2D eigenvalue weighted by atomic mass is 10.0. The Morgan fingerprint density at radius 1 is 1.20 bits per heavy atom. The maximum Gasteiger partial charge on any atom is 0.322 e. The molecule has 0 unspecified atom stereocenters.